The molecule has 0 N–H and O–H groups in total. The number of ketones is 1. The van der Waals surface area contributed by atoms with Gasteiger partial charge < -0.3 is 14.4 Å². The molecule has 6 nitrogen and oxygen atoms in total. The summed E-state index contributed by atoms with van der Waals surface area (Å²) in [6.07, 6.45) is 4.91. The number of aromatic nitrogens is 2. The Hall–Kier alpha value is -2.31. The lowest BCUT2D eigenvalue weighted by molar-refractivity contribution is -0.0102. The summed E-state index contributed by atoms with van der Waals surface area (Å²) in [6.45, 7) is 2.62. The van der Waals surface area contributed by atoms with Crippen LogP contribution in [0.1, 0.15) is 15.9 Å². The Balaban J connectivity index is 1.78. The Morgan fingerprint density at radius 1 is 1.39 bits per heavy atom. The van der Waals surface area contributed by atoms with Crippen LogP contribution in [0.15, 0.2) is 42.9 Å². The van der Waals surface area contributed by atoms with Crippen LogP contribution in [0.4, 0.5) is 5.82 Å². The third-order valence-corrected chi connectivity index (χ3v) is 3.75. The first kappa shape index (κ1) is 15.6. The van der Waals surface area contributed by atoms with Crippen molar-refractivity contribution in [2.45, 2.75) is 6.10 Å². The summed E-state index contributed by atoms with van der Waals surface area (Å²) in [4.78, 5) is 23.0. The molecule has 1 fully saturated rings. The summed E-state index contributed by atoms with van der Waals surface area (Å²) in [5, 5.41) is 0. The molecule has 2 aromatic heterocycles. The Morgan fingerprint density at radius 3 is 3.09 bits per heavy atom. The molecule has 1 aliphatic heterocycles. The molecule has 0 radical (unpaired) electrons. The molecule has 120 valence electrons. The fraction of sp³-hybridized carbons (Fsp3) is 0.353. The number of methoxy groups -OCH3 is 1. The second-order valence-corrected chi connectivity index (χ2v) is 5.37. The maximum absolute atomic E-state index is 12.5. The van der Waals surface area contributed by atoms with E-state index >= 15 is 0 Å². The molecule has 0 amide bonds. The third kappa shape index (κ3) is 3.72. The maximum atomic E-state index is 12.5. The molecule has 0 spiro atoms. The molecule has 0 unspecified atom stereocenters. The van der Waals surface area contributed by atoms with E-state index in [1.54, 1.807) is 43.9 Å². The van der Waals surface area contributed by atoms with Crippen LogP contribution >= 0.6 is 0 Å². The van der Waals surface area contributed by atoms with Crippen LogP contribution in [0.5, 0.6) is 0 Å². The lowest BCUT2D eigenvalue weighted by atomic mass is 10.1. The number of nitrogens with zero attached hydrogens (tertiary/aromatic N) is 3. The number of pyridine rings is 2. The average Bonchev–Trinajstić information content (AvgIpc) is 2.62. The molecule has 1 atom stereocenters. The Kier molecular flexibility index (Phi) is 4.95. The first-order chi connectivity index (χ1) is 11.3. The van der Waals surface area contributed by atoms with E-state index in [0.717, 1.165) is 12.4 Å². The van der Waals surface area contributed by atoms with Crippen molar-refractivity contribution in [3.8, 4) is 0 Å². The highest BCUT2D eigenvalue weighted by atomic mass is 16.5. The highest BCUT2D eigenvalue weighted by Gasteiger charge is 2.22. The topological polar surface area (TPSA) is 64.5 Å². The highest BCUT2D eigenvalue weighted by Crippen LogP contribution is 2.18. The monoisotopic (exact) mass is 313 g/mol. The third-order valence-electron chi connectivity index (χ3n) is 3.75. The van der Waals surface area contributed by atoms with Crippen LogP contribution in [0.3, 0.4) is 0 Å². The number of carbonyl (C=O) groups is 1. The van der Waals surface area contributed by atoms with E-state index in [-0.39, 0.29) is 11.9 Å². The van der Waals surface area contributed by atoms with E-state index in [0.29, 0.717) is 30.9 Å². The molecule has 0 aromatic carbocycles. The van der Waals surface area contributed by atoms with Gasteiger partial charge in [0.05, 0.1) is 19.3 Å². The molecule has 0 saturated carbocycles. The second kappa shape index (κ2) is 7.30. The van der Waals surface area contributed by atoms with Gasteiger partial charge in [-0.2, -0.15) is 0 Å². The van der Waals surface area contributed by atoms with E-state index in [9.17, 15) is 4.79 Å². The van der Waals surface area contributed by atoms with Gasteiger partial charge in [0.25, 0.3) is 0 Å². The van der Waals surface area contributed by atoms with Crippen molar-refractivity contribution in [3.05, 3.63) is 54.0 Å². The summed E-state index contributed by atoms with van der Waals surface area (Å²) in [7, 11) is 1.66. The number of carbonyl (C=O) groups excluding carboxylic acids is 1. The van der Waals surface area contributed by atoms with Crippen LogP contribution in [-0.2, 0) is 9.47 Å². The van der Waals surface area contributed by atoms with Gasteiger partial charge in [0.2, 0.25) is 0 Å². The van der Waals surface area contributed by atoms with Crippen LogP contribution < -0.4 is 4.90 Å². The standard InChI is InChI=1S/C17H19N3O3/c1-22-12-15-11-20(7-8-23-15)16-9-13(4-6-19-16)17(21)14-3-2-5-18-10-14/h2-6,9-10,15H,7-8,11-12H2,1H3/t15-/m1/s1. The molecule has 6 heteroatoms. The van der Waals surface area contributed by atoms with Crippen LogP contribution in [-0.4, -0.2) is 55.3 Å². The number of hydrogen-bond donors (Lipinski definition) is 0. The van der Waals surface area contributed by atoms with Crippen molar-refractivity contribution < 1.29 is 14.3 Å². The zero-order chi connectivity index (χ0) is 16.1. The first-order valence-electron chi connectivity index (χ1n) is 7.54. The predicted molar refractivity (Wildman–Crippen MR) is 85.7 cm³/mol. The van der Waals surface area contributed by atoms with E-state index in [4.69, 9.17) is 9.47 Å². The molecular formula is C17H19N3O3. The summed E-state index contributed by atoms with van der Waals surface area (Å²) in [6, 6.07) is 7.07. The fourth-order valence-corrected chi connectivity index (χ4v) is 2.61. The molecule has 2 aromatic rings. The number of rotatable bonds is 5. The zero-order valence-electron chi connectivity index (χ0n) is 13.0. The van der Waals surface area contributed by atoms with Crippen LogP contribution in [0.25, 0.3) is 0 Å². The van der Waals surface area contributed by atoms with Gasteiger partial charge in [0.15, 0.2) is 5.78 Å². The van der Waals surface area contributed by atoms with Crippen molar-refractivity contribution in [2.24, 2.45) is 0 Å². The molecule has 3 heterocycles. The van der Waals surface area contributed by atoms with E-state index < -0.39 is 0 Å². The summed E-state index contributed by atoms with van der Waals surface area (Å²) in [5.41, 5.74) is 1.18. The van der Waals surface area contributed by atoms with Gasteiger partial charge in [0.1, 0.15) is 5.82 Å². The smallest absolute Gasteiger partial charge is 0.194 e. The lowest BCUT2D eigenvalue weighted by Crippen LogP contribution is -2.44. The van der Waals surface area contributed by atoms with Crippen LogP contribution in [0.2, 0.25) is 0 Å². The normalized spacial score (nSPS) is 18.0. The molecule has 0 aliphatic carbocycles. The van der Waals surface area contributed by atoms with Gasteiger partial charge in [0, 0.05) is 49.9 Å². The van der Waals surface area contributed by atoms with Crippen LogP contribution in [0, 0.1) is 0 Å². The minimum Gasteiger partial charge on any atom is -0.382 e. The molecule has 1 aliphatic rings. The Labute approximate surface area is 135 Å². The maximum Gasteiger partial charge on any atom is 0.194 e. The lowest BCUT2D eigenvalue weighted by Gasteiger charge is -2.33. The average molecular weight is 313 g/mol. The number of anilines is 1. The van der Waals surface area contributed by atoms with Gasteiger partial charge in [-0.05, 0) is 24.3 Å². The molecule has 23 heavy (non-hydrogen) atoms. The van der Waals surface area contributed by atoms with Crippen molar-refractivity contribution in [1.82, 2.24) is 9.97 Å². The first-order valence-corrected chi connectivity index (χ1v) is 7.54. The molecule has 0 bridgehead atoms. The largest absolute Gasteiger partial charge is 0.382 e. The van der Waals surface area contributed by atoms with Gasteiger partial charge >= 0.3 is 0 Å². The summed E-state index contributed by atoms with van der Waals surface area (Å²) in [5.74, 6) is 0.729. The van der Waals surface area contributed by atoms with Crippen molar-refractivity contribution in [3.63, 3.8) is 0 Å². The number of hydrogen-bond acceptors (Lipinski definition) is 6. The Morgan fingerprint density at radius 2 is 2.30 bits per heavy atom. The van der Waals surface area contributed by atoms with Gasteiger partial charge in [-0.1, -0.05) is 0 Å². The van der Waals surface area contributed by atoms with E-state index in [1.165, 1.54) is 0 Å². The SMILES string of the molecule is COC[C@H]1CN(c2cc(C(=O)c3cccnc3)ccn2)CCO1. The highest BCUT2D eigenvalue weighted by molar-refractivity contribution is 6.09. The zero-order valence-corrected chi connectivity index (χ0v) is 13.0. The van der Waals surface area contributed by atoms with Crippen molar-refractivity contribution >= 4 is 11.6 Å². The van der Waals surface area contributed by atoms with Crippen molar-refractivity contribution in [2.75, 3.05) is 38.3 Å². The van der Waals surface area contributed by atoms with E-state index in [2.05, 4.69) is 14.9 Å². The Bertz CT molecular complexity index is 661. The molecule has 1 saturated heterocycles. The number of ether oxygens (including phenoxy) is 2. The second-order valence-electron chi connectivity index (χ2n) is 5.37. The van der Waals surface area contributed by atoms with E-state index in [1.807, 2.05) is 6.07 Å². The van der Waals surface area contributed by atoms with Gasteiger partial charge in [-0.3, -0.25) is 9.78 Å². The minimum atomic E-state index is -0.0524. The molecular weight excluding hydrogens is 294 g/mol. The minimum absolute atomic E-state index is 0.0215. The van der Waals surface area contributed by atoms with Gasteiger partial charge in [-0.15, -0.1) is 0 Å². The number of morpholine rings is 1. The quantitative estimate of drug-likeness (QED) is 0.781. The summed E-state index contributed by atoms with van der Waals surface area (Å²) < 4.78 is 10.8. The van der Waals surface area contributed by atoms with Crippen molar-refractivity contribution in [1.29, 1.82) is 0 Å². The predicted octanol–water partition coefficient (Wildman–Crippen LogP) is 1.56. The molecule has 3 rings (SSSR count). The van der Waals surface area contributed by atoms with Gasteiger partial charge in [-0.25, -0.2) is 4.98 Å². The summed E-state index contributed by atoms with van der Waals surface area (Å²) >= 11 is 0. The fourth-order valence-electron chi connectivity index (χ4n) is 2.61.